The quantitative estimate of drug-likeness (QED) is 0.578. The molecular formula is C21H21Cl2N3O3. The summed E-state index contributed by atoms with van der Waals surface area (Å²) in [4.78, 5) is 4.04. The Morgan fingerprint density at radius 3 is 2.55 bits per heavy atom. The third-order valence-electron chi connectivity index (χ3n) is 4.93. The molecule has 4 rings (SSSR count). The molecule has 152 valence electrons. The van der Waals surface area contributed by atoms with E-state index in [0.717, 1.165) is 16.7 Å². The lowest BCUT2D eigenvalue weighted by atomic mass is 10.00. The highest BCUT2D eigenvalue weighted by molar-refractivity contribution is 6.40. The van der Waals surface area contributed by atoms with Gasteiger partial charge in [0.25, 0.3) is 0 Å². The highest BCUT2D eigenvalue weighted by Crippen LogP contribution is 2.39. The number of aliphatic hydroxyl groups excluding tert-OH is 1. The summed E-state index contributed by atoms with van der Waals surface area (Å²) in [7, 11) is 0. The monoisotopic (exact) mass is 433 g/mol. The van der Waals surface area contributed by atoms with Crippen LogP contribution in [0.5, 0.6) is 0 Å². The molecule has 1 aromatic heterocycles. The molecule has 8 heteroatoms. The molecule has 0 bridgehead atoms. The average Bonchev–Trinajstić information content (AvgIpc) is 3.06. The number of hydrogen-bond donors (Lipinski definition) is 2. The van der Waals surface area contributed by atoms with E-state index >= 15 is 0 Å². The average molecular weight is 434 g/mol. The number of anilines is 1. The van der Waals surface area contributed by atoms with Crippen molar-refractivity contribution in [1.82, 2.24) is 9.55 Å². The van der Waals surface area contributed by atoms with Gasteiger partial charge in [-0.25, -0.2) is 4.98 Å². The molecule has 0 amide bonds. The first kappa shape index (κ1) is 20.2. The minimum atomic E-state index is -0.572. The number of nitrogen functional groups attached to an aromatic ring is 1. The number of benzene rings is 2. The number of ether oxygens (including phenoxy) is 2. The van der Waals surface area contributed by atoms with Crippen LogP contribution in [0.15, 0.2) is 54.9 Å². The fraction of sp³-hybridized carbons (Fsp3) is 0.286. The standard InChI is InChI=1S/C21H21Cl2N3O3/c22-19-20(23)26(12-25-19)10-17-9-18(14-6-4-13(11-27)5-7-14)29-21(28-17)15-2-1-3-16(24)8-15/h1-8,12,17-18,21,27H,9-11,24H2. The van der Waals surface area contributed by atoms with Crippen molar-refractivity contribution in [2.45, 2.75) is 38.1 Å². The van der Waals surface area contributed by atoms with E-state index in [-0.39, 0.29) is 24.0 Å². The maximum atomic E-state index is 9.29. The summed E-state index contributed by atoms with van der Waals surface area (Å²) in [6.45, 7) is 0.495. The van der Waals surface area contributed by atoms with Crippen LogP contribution in [0.2, 0.25) is 10.3 Å². The summed E-state index contributed by atoms with van der Waals surface area (Å²) < 4.78 is 14.3. The summed E-state index contributed by atoms with van der Waals surface area (Å²) in [6, 6.07) is 15.2. The predicted octanol–water partition coefficient (Wildman–Crippen LogP) is 4.51. The van der Waals surface area contributed by atoms with Crippen LogP contribution in [0.25, 0.3) is 0 Å². The van der Waals surface area contributed by atoms with E-state index in [1.807, 2.05) is 48.5 Å². The number of imidazole rings is 1. The van der Waals surface area contributed by atoms with Gasteiger partial charge in [-0.2, -0.15) is 0 Å². The van der Waals surface area contributed by atoms with E-state index in [2.05, 4.69) is 4.98 Å². The Kier molecular flexibility index (Phi) is 6.08. The zero-order valence-electron chi connectivity index (χ0n) is 15.5. The molecular weight excluding hydrogens is 413 g/mol. The molecule has 2 heterocycles. The van der Waals surface area contributed by atoms with Crippen molar-refractivity contribution >= 4 is 28.9 Å². The maximum Gasteiger partial charge on any atom is 0.185 e. The van der Waals surface area contributed by atoms with Crippen LogP contribution in [0.4, 0.5) is 5.69 Å². The van der Waals surface area contributed by atoms with Crippen molar-refractivity contribution in [3.8, 4) is 0 Å². The SMILES string of the molecule is Nc1cccc(C2OC(Cn3cnc(Cl)c3Cl)CC(c3ccc(CO)cc3)O2)c1. The minimum absolute atomic E-state index is 0.00332. The molecule has 2 aromatic carbocycles. The number of hydrogen-bond acceptors (Lipinski definition) is 5. The van der Waals surface area contributed by atoms with Crippen LogP contribution in [0, 0.1) is 0 Å². The van der Waals surface area contributed by atoms with Crippen molar-refractivity contribution < 1.29 is 14.6 Å². The van der Waals surface area contributed by atoms with Gasteiger partial charge in [0, 0.05) is 17.7 Å². The lowest BCUT2D eigenvalue weighted by Crippen LogP contribution is -2.32. The Hall–Kier alpha value is -2.09. The Morgan fingerprint density at radius 1 is 1.10 bits per heavy atom. The highest BCUT2D eigenvalue weighted by Gasteiger charge is 2.32. The van der Waals surface area contributed by atoms with E-state index in [1.54, 1.807) is 10.9 Å². The van der Waals surface area contributed by atoms with Crippen molar-refractivity contribution in [3.05, 3.63) is 81.9 Å². The van der Waals surface area contributed by atoms with Gasteiger partial charge >= 0.3 is 0 Å². The van der Waals surface area contributed by atoms with Crippen molar-refractivity contribution in [1.29, 1.82) is 0 Å². The normalized spacial score (nSPS) is 22.0. The molecule has 3 N–H and O–H groups in total. The van der Waals surface area contributed by atoms with E-state index in [1.165, 1.54) is 0 Å². The van der Waals surface area contributed by atoms with Crippen LogP contribution in [0.1, 0.15) is 35.5 Å². The van der Waals surface area contributed by atoms with Gasteiger partial charge < -0.3 is 24.9 Å². The fourth-order valence-electron chi connectivity index (χ4n) is 3.43. The summed E-state index contributed by atoms with van der Waals surface area (Å²) in [5, 5.41) is 9.94. The van der Waals surface area contributed by atoms with Gasteiger partial charge in [0.05, 0.1) is 31.7 Å². The zero-order chi connectivity index (χ0) is 20.4. The Balaban J connectivity index is 1.61. The van der Waals surface area contributed by atoms with E-state index in [0.29, 0.717) is 23.8 Å². The Labute approximate surface area is 178 Å². The first-order valence-corrected chi connectivity index (χ1v) is 10.0. The number of halogens is 2. The van der Waals surface area contributed by atoms with E-state index in [4.69, 9.17) is 38.4 Å². The number of nitrogens with two attached hydrogens (primary N) is 1. The molecule has 6 nitrogen and oxygen atoms in total. The highest BCUT2D eigenvalue weighted by atomic mass is 35.5. The van der Waals surface area contributed by atoms with Crippen LogP contribution >= 0.6 is 23.2 Å². The third kappa shape index (κ3) is 4.57. The molecule has 3 atom stereocenters. The predicted molar refractivity (Wildman–Crippen MR) is 112 cm³/mol. The second-order valence-electron chi connectivity index (χ2n) is 7.00. The molecule has 1 aliphatic rings. The molecule has 0 spiro atoms. The van der Waals surface area contributed by atoms with Gasteiger partial charge in [-0.05, 0) is 23.3 Å². The van der Waals surface area contributed by atoms with Crippen molar-refractivity contribution in [2.75, 3.05) is 5.73 Å². The zero-order valence-corrected chi connectivity index (χ0v) is 17.1. The van der Waals surface area contributed by atoms with Crippen LogP contribution < -0.4 is 5.73 Å². The van der Waals surface area contributed by atoms with Gasteiger partial charge in [-0.3, -0.25) is 0 Å². The molecule has 0 aliphatic carbocycles. The maximum absolute atomic E-state index is 9.29. The first-order valence-electron chi connectivity index (χ1n) is 9.25. The minimum Gasteiger partial charge on any atom is -0.399 e. The summed E-state index contributed by atoms with van der Waals surface area (Å²) >= 11 is 12.2. The molecule has 0 radical (unpaired) electrons. The Morgan fingerprint density at radius 2 is 1.90 bits per heavy atom. The summed E-state index contributed by atoms with van der Waals surface area (Å²) in [6.07, 6.45) is 1.29. The molecule has 0 saturated carbocycles. The van der Waals surface area contributed by atoms with Gasteiger partial charge in [0.2, 0.25) is 0 Å². The van der Waals surface area contributed by atoms with Crippen LogP contribution in [-0.4, -0.2) is 20.8 Å². The largest absolute Gasteiger partial charge is 0.399 e. The fourth-order valence-corrected chi connectivity index (χ4v) is 3.74. The second kappa shape index (κ2) is 8.73. The van der Waals surface area contributed by atoms with Gasteiger partial charge in [-0.1, -0.05) is 59.6 Å². The van der Waals surface area contributed by atoms with Gasteiger partial charge in [0.1, 0.15) is 5.15 Å². The molecule has 1 aliphatic heterocycles. The third-order valence-corrected chi connectivity index (χ3v) is 5.70. The first-order chi connectivity index (χ1) is 14.0. The Bertz CT molecular complexity index is 978. The molecule has 1 fully saturated rings. The number of rotatable bonds is 5. The number of aromatic nitrogens is 2. The summed E-state index contributed by atoms with van der Waals surface area (Å²) in [5.74, 6) is 0. The topological polar surface area (TPSA) is 82.5 Å². The lowest BCUT2D eigenvalue weighted by Gasteiger charge is -2.36. The van der Waals surface area contributed by atoms with E-state index in [9.17, 15) is 5.11 Å². The van der Waals surface area contributed by atoms with E-state index < -0.39 is 6.29 Å². The molecule has 29 heavy (non-hydrogen) atoms. The smallest absolute Gasteiger partial charge is 0.185 e. The second-order valence-corrected chi connectivity index (χ2v) is 7.71. The van der Waals surface area contributed by atoms with Crippen LogP contribution in [0.3, 0.4) is 0 Å². The van der Waals surface area contributed by atoms with Gasteiger partial charge in [-0.15, -0.1) is 0 Å². The summed E-state index contributed by atoms with van der Waals surface area (Å²) in [5.41, 5.74) is 9.30. The molecule has 3 unspecified atom stereocenters. The van der Waals surface area contributed by atoms with Crippen molar-refractivity contribution in [2.24, 2.45) is 0 Å². The van der Waals surface area contributed by atoms with Crippen LogP contribution in [-0.2, 0) is 22.6 Å². The molecule has 1 saturated heterocycles. The number of aliphatic hydroxyl groups is 1. The lowest BCUT2D eigenvalue weighted by molar-refractivity contribution is -0.252. The van der Waals surface area contributed by atoms with Crippen molar-refractivity contribution in [3.63, 3.8) is 0 Å². The number of nitrogens with zero attached hydrogens (tertiary/aromatic N) is 2. The van der Waals surface area contributed by atoms with Gasteiger partial charge in [0.15, 0.2) is 11.4 Å². The molecule has 3 aromatic rings.